The molecule has 0 fully saturated rings. The molecule has 1 aromatic heterocycles. The van der Waals surface area contributed by atoms with Crippen LogP contribution < -0.4 is 0 Å². The molecule has 1 heteroatoms. The van der Waals surface area contributed by atoms with Crippen LogP contribution in [0.4, 0.5) is 0 Å². The van der Waals surface area contributed by atoms with E-state index in [0.29, 0.717) is 0 Å². The van der Waals surface area contributed by atoms with Gasteiger partial charge in [-0.05, 0) is 37.8 Å². The molecule has 0 bridgehead atoms. The van der Waals surface area contributed by atoms with Crippen molar-refractivity contribution in [3.05, 3.63) is 35.0 Å². The zero-order valence-corrected chi connectivity index (χ0v) is 9.85. The number of unbranched alkanes of at least 4 members (excludes halogenated alkanes) is 1. The lowest BCUT2D eigenvalue weighted by Gasteiger charge is -1.97. The van der Waals surface area contributed by atoms with E-state index in [2.05, 4.69) is 44.0 Å². The lowest BCUT2D eigenvalue weighted by atomic mass is 10.1. The van der Waals surface area contributed by atoms with Gasteiger partial charge in [-0.3, -0.25) is 0 Å². The second-order valence-electron chi connectivity index (χ2n) is 4.33. The van der Waals surface area contributed by atoms with Gasteiger partial charge in [-0.15, -0.1) is 0 Å². The summed E-state index contributed by atoms with van der Waals surface area (Å²) in [6, 6.07) is 6.52. The normalized spacial score (nSPS) is 11.1. The number of aryl methyl sites for hydroxylation is 3. The molecule has 0 unspecified atom stereocenters. The van der Waals surface area contributed by atoms with Crippen molar-refractivity contribution in [2.24, 2.45) is 0 Å². The number of nitrogens with one attached hydrogen (secondary N) is 1. The average molecular weight is 201 g/mol. The summed E-state index contributed by atoms with van der Waals surface area (Å²) in [5.74, 6) is 0. The van der Waals surface area contributed by atoms with Crippen molar-refractivity contribution in [2.45, 2.75) is 40.0 Å². The van der Waals surface area contributed by atoms with Crippen LogP contribution in [-0.4, -0.2) is 4.98 Å². The van der Waals surface area contributed by atoms with Crippen molar-refractivity contribution in [2.75, 3.05) is 0 Å². The lowest BCUT2D eigenvalue weighted by molar-refractivity contribution is 0.778. The number of hydrogen-bond acceptors (Lipinski definition) is 0. The SMILES string of the molecule is CCCCc1[nH]c2c(C)cccc2c1C. The lowest BCUT2D eigenvalue weighted by Crippen LogP contribution is -1.86. The molecule has 0 aliphatic rings. The Hall–Kier alpha value is -1.24. The van der Waals surface area contributed by atoms with E-state index in [1.165, 1.54) is 47.0 Å². The van der Waals surface area contributed by atoms with E-state index in [0.717, 1.165) is 0 Å². The van der Waals surface area contributed by atoms with Crippen LogP contribution in [0.5, 0.6) is 0 Å². The fourth-order valence-corrected chi connectivity index (χ4v) is 2.16. The molecule has 1 aromatic carbocycles. The smallest absolute Gasteiger partial charge is 0.0488 e. The zero-order valence-electron chi connectivity index (χ0n) is 9.85. The summed E-state index contributed by atoms with van der Waals surface area (Å²) in [6.45, 7) is 6.63. The minimum absolute atomic E-state index is 1.18. The first-order valence-corrected chi connectivity index (χ1v) is 5.80. The van der Waals surface area contributed by atoms with Crippen molar-refractivity contribution >= 4 is 10.9 Å². The summed E-state index contributed by atoms with van der Waals surface area (Å²) in [7, 11) is 0. The van der Waals surface area contributed by atoms with Gasteiger partial charge in [-0.1, -0.05) is 31.5 Å². The van der Waals surface area contributed by atoms with E-state index in [-0.39, 0.29) is 0 Å². The van der Waals surface area contributed by atoms with Crippen LogP contribution in [-0.2, 0) is 6.42 Å². The second kappa shape index (κ2) is 4.09. The number of H-pyrrole nitrogens is 1. The highest BCUT2D eigenvalue weighted by Crippen LogP contribution is 2.25. The van der Waals surface area contributed by atoms with Gasteiger partial charge in [0, 0.05) is 16.6 Å². The molecule has 1 N–H and O–H groups in total. The molecule has 2 aromatic rings. The molecule has 15 heavy (non-hydrogen) atoms. The number of rotatable bonds is 3. The van der Waals surface area contributed by atoms with Crippen LogP contribution in [0, 0.1) is 13.8 Å². The molecule has 2 rings (SSSR count). The topological polar surface area (TPSA) is 15.8 Å². The van der Waals surface area contributed by atoms with Crippen LogP contribution in [0.15, 0.2) is 18.2 Å². The minimum Gasteiger partial charge on any atom is -0.358 e. The van der Waals surface area contributed by atoms with Crippen molar-refractivity contribution in [1.82, 2.24) is 4.98 Å². The maximum atomic E-state index is 3.57. The Labute approximate surface area is 91.5 Å². The highest BCUT2D eigenvalue weighted by atomic mass is 14.7. The number of hydrogen-bond donors (Lipinski definition) is 1. The summed E-state index contributed by atoms with van der Waals surface area (Å²) in [5.41, 5.74) is 5.52. The molecule has 0 aliphatic carbocycles. The molecule has 0 radical (unpaired) electrons. The summed E-state index contributed by atoms with van der Waals surface area (Å²) >= 11 is 0. The first-order chi connectivity index (χ1) is 7.24. The standard InChI is InChI=1S/C14H19N/c1-4-5-9-13-11(3)12-8-6-7-10(2)14(12)15-13/h6-8,15H,4-5,9H2,1-3H3. The third-order valence-corrected chi connectivity index (χ3v) is 3.19. The molecule has 0 atom stereocenters. The van der Waals surface area contributed by atoms with Crippen molar-refractivity contribution in [3.8, 4) is 0 Å². The van der Waals surface area contributed by atoms with Gasteiger partial charge in [0.05, 0.1) is 0 Å². The Morgan fingerprint density at radius 2 is 2.00 bits per heavy atom. The van der Waals surface area contributed by atoms with Gasteiger partial charge >= 0.3 is 0 Å². The van der Waals surface area contributed by atoms with Crippen LogP contribution in [0.2, 0.25) is 0 Å². The van der Waals surface area contributed by atoms with Gasteiger partial charge in [-0.2, -0.15) is 0 Å². The van der Waals surface area contributed by atoms with E-state index in [4.69, 9.17) is 0 Å². The predicted molar refractivity (Wildman–Crippen MR) is 66.4 cm³/mol. The number of fused-ring (bicyclic) bond motifs is 1. The van der Waals surface area contributed by atoms with Crippen molar-refractivity contribution in [3.63, 3.8) is 0 Å². The number of benzene rings is 1. The second-order valence-corrected chi connectivity index (χ2v) is 4.33. The number of para-hydroxylation sites is 1. The summed E-state index contributed by atoms with van der Waals surface area (Å²) in [5, 5.41) is 1.39. The Kier molecular flexibility index (Phi) is 2.81. The van der Waals surface area contributed by atoms with Crippen molar-refractivity contribution < 1.29 is 0 Å². The van der Waals surface area contributed by atoms with Gasteiger partial charge in [-0.25, -0.2) is 0 Å². The fraction of sp³-hybridized carbons (Fsp3) is 0.429. The van der Waals surface area contributed by atoms with Gasteiger partial charge in [0.25, 0.3) is 0 Å². The number of aromatic amines is 1. The van der Waals surface area contributed by atoms with Crippen molar-refractivity contribution in [1.29, 1.82) is 0 Å². The van der Waals surface area contributed by atoms with Gasteiger partial charge < -0.3 is 4.98 Å². The largest absolute Gasteiger partial charge is 0.358 e. The Balaban J connectivity index is 2.49. The zero-order chi connectivity index (χ0) is 10.8. The molecule has 0 spiro atoms. The summed E-state index contributed by atoms with van der Waals surface area (Å²) < 4.78 is 0. The molecule has 0 aliphatic heterocycles. The van der Waals surface area contributed by atoms with E-state index in [9.17, 15) is 0 Å². The Morgan fingerprint density at radius 1 is 1.20 bits per heavy atom. The highest BCUT2D eigenvalue weighted by Gasteiger charge is 2.07. The van der Waals surface area contributed by atoms with Crippen LogP contribution >= 0.6 is 0 Å². The van der Waals surface area contributed by atoms with Gasteiger partial charge in [0.1, 0.15) is 0 Å². The molecule has 0 amide bonds. The molecular formula is C14H19N. The van der Waals surface area contributed by atoms with E-state index in [1.54, 1.807) is 0 Å². The predicted octanol–water partition coefficient (Wildman–Crippen LogP) is 4.13. The fourth-order valence-electron chi connectivity index (χ4n) is 2.16. The quantitative estimate of drug-likeness (QED) is 0.768. The third kappa shape index (κ3) is 1.79. The van der Waals surface area contributed by atoms with E-state index < -0.39 is 0 Å². The van der Waals surface area contributed by atoms with Gasteiger partial charge in [0.15, 0.2) is 0 Å². The average Bonchev–Trinajstić information content (AvgIpc) is 2.55. The number of aromatic nitrogens is 1. The Morgan fingerprint density at radius 3 is 2.67 bits per heavy atom. The summed E-state index contributed by atoms with van der Waals surface area (Å²) in [4.78, 5) is 3.57. The van der Waals surface area contributed by atoms with Crippen LogP contribution in [0.1, 0.15) is 36.6 Å². The van der Waals surface area contributed by atoms with Crippen LogP contribution in [0.25, 0.3) is 10.9 Å². The van der Waals surface area contributed by atoms with E-state index >= 15 is 0 Å². The molecule has 1 heterocycles. The maximum absolute atomic E-state index is 3.57. The minimum atomic E-state index is 1.18. The molecular weight excluding hydrogens is 182 g/mol. The first kappa shape index (κ1) is 10.3. The highest BCUT2D eigenvalue weighted by molar-refractivity contribution is 5.86. The van der Waals surface area contributed by atoms with E-state index in [1.807, 2.05) is 0 Å². The van der Waals surface area contributed by atoms with Gasteiger partial charge in [0.2, 0.25) is 0 Å². The Bertz CT molecular complexity index is 465. The maximum Gasteiger partial charge on any atom is 0.0488 e. The van der Waals surface area contributed by atoms with Crippen LogP contribution in [0.3, 0.4) is 0 Å². The molecule has 0 saturated carbocycles. The monoisotopic (exact) mass is 201 g/mol. The molecule has 0 saturated heterocycles. The third-order valence-electron chi connectivity index (χ3n) is 3.19. The molecule has 80 valence electrons. The first-order valence-electron chi connectivity index (χ1n) is 5.80. The molecule has 1 nitrogen and oxygen atoms in total. The summed E-state index contributed by atoms with van der Waals surface area (Å²) in [6.07, 6.45) is 3.71.